The molecule has 1 heterocycles. The van der Waals surface area contributed by atoms with E-state index in [0.717, 1.165) is 20.3 Å². The lowest BCUT2D eigenvalue weighted by molar-refractivity contribution is 0.262. The molecule has 3 aromatic rings. The van der Waals surface area contributed by atoms with Gasteiger partial charge in [0.2, 0.25) is 0 Å². The topological polar surface area (TPSA) is 69.8 Å². The molecule has 0 fully saturated rings. The molecule has 0 atom stereocenters. The highest BCUT2D eigenvalue weighted by atomic mass is 127. The van der Waals surface area contributed by atoms with Crippen molar-refractivity contribution < 1.29 is 4.79 Å². The number of aromatic amines is 1. The molecule has 0 bridgehead atoms. The molecule has 6 heteroatoms. The zero-order chi connectivity index (χ0) is 13.9. The monoisotopic (exact) mass is 378 g/mol. The fraction of sp³-hybridized carbons (Fsp3) is 0. The van der Waals surface area contributed by atoms with E-state index in [9.17, 15) is 4.79 Å². The van der Waals surface area contributed by atoms with Gasteiger partial charge >= 0.3 is 6.03 Å². The normalized spacial score (nSPS) is 10.4. The average Bonchev–Trinajstić information content (AvgIpc) is 2.89. The van der Waals surface area contributed by atoms with Crippen LogP contribution in [0, 0.1) is 3.57 Å². The number of urea groups is 1. The van der Waals surface area contributed by atoms with Gasteiger partial charge in [-0.15, -0.1) is 0 Å². The van der Waals surface area contributed by atoms with Gasteiger partial charge in [0.05, 0.1) is 23.0 Å². The van der Waals surface area contributed by atoms with Crippen molar-refractivity contribution in [2.24, 2.45) is 0 Å². The summed E-state index contributed by atoms with van der Waals surface area (Å²) < 4.78 is 0.990. The highest BCUT2D eigenvalue weighted by Crippen LogP contribution is 2.18. The Bertz CT molecular complexity index is 768. The van der Waals surface area contributed by atoms with E-state index in [1.54, 1.807) is 6.33 Å². The zero-order valence-electron chi connectivity index (χ0n) is 10.4. The fourth-order valence-electron chi connectivity index (χ4n) is 1.86. The number of aromatic nitrogens is 2. The van der Waals surface area contributed by atoms with Gasteiger partial charge in [-0.1, -0.05) is 12.1 Å². The predicted octanol–water partition coefficient (Wildman–Crippen LogP) is 3.81. The number of nitrogens with one attached hydrogen (secondary N) is 3. The van der Waals surface area contributed by atoms with Crippen LogP contribution in [-0.4, -0.2) is 16.0 Å². The van der Waals surface area contributed by atoms with Crippen molar-refractivity contribution in [3.8, 4) is 0 Å². The number of imidazole rings is 1. The molecule has 0 aliphatic heterocycles. The number of H-pyrrole nitrogens is 1. The molecule has 3 N–H and O–H groups in total. The number of nitrogens with zero attached hydrogens (tertiary/aromatic N) is 1. The molecule has 0 unspecified atom stereocenters. The van der Waals surface area contributed by atoms with Crippen LogP contribution in [0.3, 0.4) is 0 Å². The van der Waals surface area contributed by atoms with Crippen molar-refractivity contribution in [1.29, 1.82) is 0 Å². The largest absolute Gasteiger partial charge is 0.345 e. The van der Waals surface area contributed by atoms with Gasteiger partial charge in [-0.2, -0.15) is 0 Å². The van der Waals surface area contributed by atoms with Gasteiger partial charge in [0.1, 0.15) is 0 Å². The Balaban J connectivity index is 1.74. The summed E-state index contributed by atoms with van der Waals surface area (Å²) in [5.74, 6) is 0. The van der Waals surface area contributed by atoms with Crippen LogP contribution in [0.5, 0.6) is 0 Å². The number of hydrogen-bond acceptors (Lipinski definition) is 2. The van der Waals surface area contributed by atoms with E-state index in [4.69, 9.17) is 0 Å². The van der Waals surface area contributed by atoms with Crippen molar-refractivity contribution in [3.63, 3.8) is 0 Å². The third kappa shape index (κ3) is 2.74. The maximum absolute atomic E-state index is 12.0. The number of benzene rings is 2. The first-order valence-electron chi connectivity index (χ1n) is 5.98. The minimum absolute atomic E-state index is 0.270. The summed E-state index contributed by atoms with van der Waals surface area (Å²) >= 11 is 2.18. The van der Waals surface area contributed by atoms with Gasteiger partial charge in [-0.3, -0.25) is 0 Å². The lowest BCUT2D eigenvalue weighted by Gasteiger charge is -2.09. The van der Waals surface area contributed by atoms with Crippen LogP contribution < -0.4 is 10.6 Å². The number of carbonyl (C=O) groups is 1. The summed E-state index contributed by atoms with van der Waals surface area (Å²) in [6.45, 7) is 0. The summed E-state index contributed by atoms with van der Waals surface area (Å²) in [7, 11) is 0. The minimum Gasteiger partial charge on any atom is -0.345 e. The second kappa shape index (κ2) is 5.49. The van der Waals surface area contributed by atoms with Gasteiger partial charge < -0.3 is 15.6 Å². The molecule has 5 nitrogen and oxygen atoms in total. The number of anilines is 2. The highest BCUT2D eigenvalue weighted by molar-refractivity contribution is 14.1. The van der Waals surface area contributed by atoms with Crippen molar-refractivity contribution >= 4 is 51.0 Å². The zero-order valence-corrected chi connectivity index (χ0v) is 12.5. The third-order valence-corrected chi connectivity index (χ3v) is 3.74. The number of amides is 2. The smallest absolute Gasteiger partial charge is 0.323 e. The molecule has 100 valence electrons. The average molecular weight is 378 g/mol. The summed E-state index contributed by atoms with van der Waals surface area (Å²) in [5.41, 5.74) is 3.25. The van der Waals surface area contributed by atoms with Gasteiger partial charge in [-0.05, 0) is 52.9 Å². The maximum atomic E-state index is 12.0. The Kier molecular flexibility index (Phi) is 3.55. The Labute approximate surface area is 128 Å². The molecule has 0 saturated heterocycles. The maximum Gasteiger partial charge on any atom is 0.323 e. The highest BCUT2D eigenvalue weighted by Gasteiger charge is 2.06. The number of carbonyl (C=O) groups excluding carboxylic acids is 1. The number of hydrogen-bond donors (Lipinski definition) is 3. The Morgan fingerprint density at radius 3 is 2.85 bits per heavy atom. The van der Waals surface area contributed by atoms with Crippen LogP contribution in [0.4, 0.5) is 16.2 Å². The lowest BCUT2D eigenvalue weighted by atomic mass is 10.3. The van der Waals surface area contributed by atoms with E-state index >= 15 is 0 Å². The van der Waals surface area contributed by atoms with Crippen molar-refractivity contribution in [2.75, 3.05) is 10.6 Å². The molecule has 0 aliphatic carbocycles. The molecule has 0 aliphatic rings. The van der Waals surface area contributed by atoms with Crippen LogP contribution in [0.1, 0.15) is 0 Å². The molecule has 1 aromatic heterocycles. The number of para-hydroxylation sites is 1. The van der Waals surface area contributed by atoms with Crippen LogP contribution in [0.25, 0.3) is 11.0 Å². The van der Waals surface area contributed by atoms with E-state index in [1.807, 2.05) is 42.5 Å². The minimum atomic E-state index is -0.270. The first-order valence-corrected chi connectivity index (χ1v) is 7.06. The van der Waals surface area contributed by atoms with E-state index < -0.39 is 0 Å². The van der Waals surface area contributed by atoms with Crippen LogP contribution in [0.2, 0.25) is 0 Å². The lowest BCUT2D eigenvalue weighted by Crippen LogP contribution is -2.19. The summed E-state index contributed by atoms with van der Waals surface area (Å²) in [6.07, 6.45) is 1.63. The number of rotatable bonds is 2. The number of fused-ring (bicyclic) bond motifs is 1. The Morgan fingerprint density at radius 2 is 2.00 bits per heavy atom. The molecular weight excluding hydrogens is 367 g/mol. The quantitative estimate of drug-likeness (QED) is 0.594. The van der Waals surface area contributed by atoms with Crippen molar-refractivity contribution in [3.05, 3.63) is 52.4 Å². The summed E-state index contributed by atoms with van der Waals surface area (Å²) in [6, 6.07) is 12.9. The predicted molar refractivity (Wildman–Crippen MR) is 87.9 cm³/mol. The second-order valence-corrected chi connectivity index (χ2v) is 5.36. The van der Waals surface area contributed by atoms with Crippen LogP contribution in [-0.2, 0) is 0 Å². The first-order chi connectivity index (χ1) is 9.72. The summed E-state index contributed by atoms with van der Waals surface area (Å²) in [4.78, 5) is 19.1. The molecule has 2 aromatic carbocycles. The van der Waals surface area contributed by atoms with Crippen molar-refractivity contribution in [1.82, 2.24) is 9.97 Å². The standard InChI is InChI=1S/C14H11IN4O/c15-10-3-1-2-4-11(10)19-14(20)18-9-5-6-12-13(7-9)17-8-16-12/h1-8H,(H,16,17)(H2,18,19,20). The first kappa shape index (κ1) is 12.9. The molecule has 20 heavy (non-hydrogen) atoms. The van der Waals surface area contributed by atoms with Crippen molar-refractivity contribution in [2.45, 2.75) is 0 Å². The molecule has 0 radical (unpaired) electrons. The SMILES string of the molecule is O=C(Nc1ccc2nc[nH]c2c1)Nc1ccccc1I. The van der Waals surface area contributed by atoms with E-state index in [2.05, 4.69) is 43.2 Å². The molecule has 0 saturated carbocycles. The van der Waals surface area contributed by atoms with Gasteiger partial charge in [-0.25, -0.2) is 9.78 Å². The van der Waals surface area contributed by atoms with E-state index in [-0.39, 0.29) is 6.03 Å². The molecular formula is C14H11IN4O. The van der Waals surface area contributed by atoms with E-state index in [0.29, 0.717) is 5.69 Å². The Morgan fingerprint density at radius 1 is 1.15 bits per heavy atom. The molecule has 3 rings (SSSR count). The third-order valence-electron chi connectivity index (χ3n) is 2.80. The van der Waals surface area contributed by atoms with Crippen LogP contribution >= 0.6 is 22.6 Å². The van der Waals surface area contributed by atoms with Crippen LogP contribution in [0.15, 0.2) is 48.8 Å². The molecule has 0 spiro atoms. The molecule has 2 amide bonds. The number of halogens is 1. The fourth-order valence-corrected chi connectivity index (χ4v) is 2.38. The Hall–Kier alpha value is -2.09. The van der Waals surface area contributed by atoms with Gasteiger partial charge in [0.25, 0.3) is 0 Å². The van der Waals surface area contributed by atoms with E-state index in [1.165, 1.54) is 0 Å². The second-order valence-electron chi connectivity index (χ2n) is 4.19. The van der Waals surface area contributed by atoms with Gasteiger partial charge in [0, 0.05) is 9.26 Å². The van der Waals surface area contributed by atoms with Gasteiger partial charge in [0.15, 0.2) is 0 Å². The summed E-state index contributed by atoms with van der Waals surface area (Å²) in [5, 5.41) is 5.62.